The summed E-state index contributed by atoms with van der Waals surface area (Å²) in [4.78, 5) is 5.29. The molecular weight excluding hydrogens is 260 g/mol. The maximum atomic E-state index is 9.54. The van der Waals surface area contributed by atoms with Gasteiger partial charge >= 0.3 is 0 Å². The minimum absolute atomic E-state index is 0.275. The zero-order chi connectivity index (χ0) is 14.9. The van der Waals surface area contributed by atoms with Crippen LogP contribution in [0.1, 0.15) is 44.9 Å². The zero-order valence-electron chi connectivity index (χ0n) is 13.6. The number of piperidine rings is 2. The zero-order valence-corrected chi connectivity index (χ0v) is 13.6. The third-order valence-corrected chi connectivity index (χ3v) is 6.31. The molecule has 0 aromatic heterocycles. The van der Waals surface area contributed by atoms with E-state index in [1.165, 1.54) is 51.7 Å². The summed E-state index contributed by atoms with van der Waals surface area (Å²) in [6.45, 7) is 3.76. The number of likely N-dealkylation sites (tertiary alicyclic amines) is 2. The highest BCUT2D eigenvalue weighted by atomic mass is 15.2. The summed E-state index contributed by atoms with van der Waals surface area (Å²) < 4.78 is 0. The molecule has 118 valence electrons. The molecule has 0 amide bonds. The van der Waals surface area contributed by atoms with Gasteiger partial charge in [0, 0.05) is 18.6 Å². The van der Waals surface area contributed by atoms with Crippen molar-refractivity contribution in [1.29, 1.82) is 5.26 Å². The van der Waals surface area contributed by atoms with Crippen LogP contribution in [0.3, 0.4) is 0 Å². The van der Waals surface area contributed by atoms with Crippen LogP contribution in [-0.2, 0) is 0 Å². The Bertz CT molecular complexity index is 404. The highest BCUT2D eigenvalue weighted by Crippen LogP contribution is 2.35. The molecule has 4 heteroatoms. The average molecular weight is 290 g/mol. The van der Waals surface area contributed by atoms with Gasteiger partial charge in [-0.15, -0.1) is 0 Å². The van der Waals surface area contributed by atoms with Gasteiger partial charge in [0.1, 0.15) is 5.54 Å². The van der Waals surface area contributed by atoms with Crippen molar-refractivity contribution < 1.29 is 0 Å². The third-order valence-electron chi connectivity index (χ3n) is 6.31. The standard InChI is InChI=1S/C17H30N4/c1-19-17(13-18)8-3-6-15(11-17)21-10-7-16-14(12-21)5-4-9-20(16)2/h14-16,19H,3-12H2,1-2H3. The molecule has 1 aliphatic carbocycles. The van der Waals surface area contributed by atoms with Crippen molar-refractivity contribution in [1.82, 2.24) is 15.1 Å². The first-order valence-corrected chi connectivity index (χ1v) is 8.72. The Balaban J connectivity index is 1.64. The van der Waals surface area contributed by atoms with E-state index in [0.717, 1.165) is 24.8 Å². The van der Waals surface area contributed by atoms with E-state index in [1.807, 2.05) is 7.05 Å². The predicted molar refractivity (Wildman–Crippen MR) is 85.0 cm³/mol. The largest absolute Gasteiger partial charge is 0.303 e. The molecule has 2 aliphatic heterocycles. The third kappa shape index (κ3) is 2.97. The van der Waals surface area contributed by atoms with Crippen LogP contribution in [0.25, 0.3) is 0 Å². The first kappa shape index (κ1) is 15.3. The molecule has 4 atom stereocenters. The van der Waals surface area contributed by atoms with Crippen molar-refractivity contribution >= 4 is 0 Å². The Morgan fingerprint density at radius 3 is 2.81 bits per heavy atom. The second kappa shape index (κ2) is 6.24. The highest BCUT2D eigenvalue weighted by Gasteiger charge is 2.41. The fourth-order valence-corrected chi connectivity index (χ4v) is 4.95. The van der Waals surface area contributed by atoms with Crippen LogP contribution in [-0.4, -0.2) is 61.2 Å². The molecule has 0 aromatic carbocycles. The van der Waals surface area contributed by atoms with Gasteiger partial charge in [0.25, 0.3) is 0 Å². The summed E-state index contributed by atoms with van der Waals surface area (Å²) in [5.74, 6) is 0.852. The van der Waals surface area contributed by atoms with Crippen LogP contribution < -0.4 is 5.32 Å². The number of hydrogen-bond acceptors (Lipinski definition) is 4. The van der Waals surface area contributed by atoms with Crippen LogP contribution in [0, 0.1) is 17.2 Å². The van der Waals surface area contributed by atoms with E-state index in [1.54, 1.807) is 0 Å². The van der Waals surface area contributed by atoms with E-state index < -0.39 is 0 Å². The van der Waals surface area contributed by atoms with Gasteiger partial charge in [-0.1, -0.05) is 0 Å². The fraction of sp³-hybridized carbons (Fsp3) is 0.941. The summed E-state index contributed by atoms with van der Waals surface area (Å²) in [5, 5.41) is 12.8. The molecule has 0 aromatic rings. The molecule has 4 unspecified atom stereocenters. The maximum absolute atomic E-state index is 9.54. The quantitative estimate of drug-likeness (QED) is 0.842. The minimum atomic E-state index is -0.275. The van der Waals surface area contributed by atoms with Crippen LogP contribution in [0.4, 0.5) is 0 Å². The topological polar surface area (TPSA) is 42.3 Å². The molecule has 1 saturated carbocycles. The summed E-state index contributed by atoms with van der Waals surface area (Å²) in [5.41, 5.74) is -0.275. The number of hydrogen-bond donors (Lipinski definition) is 1. The van der Waals surface area contributed by atoms with Gasteiger partial charge in [-0.3, -0.25) is 4.90 Å². The number of nitriles is 1. The van der Waals surface area contributed by atoms with E-state index in [-0.39, 0.29) is 5.54 Å². The Morgan fingerprint density at radius 1 is 1.19 bits per heavy atom. The Morgan fingerprint density at radius 2 is 2.05 bits per heavy atom. The summed E-state index contributed by atoms with van der Waals surface area (Å²) >= 11 is 0. The van der Waals surface area contributed by atoms with Crippen LogP contribution in [0.15, 0.2) is 0 Å². The first-order valence-electron chi connectivity index (χ1n) is 8.72. The van der Waals surface area contributed by atoms with E-state index in [4.69, 9.17) is 0 Å². The highest BCUT2D eigenvalue weighted by molar-refractivity contribution is 5.11. The molecule has 1 N–H and O–H groups in total. The van der Waals surface area contributed by atoms with Gasteiger partial charge in [0.2, 0.25) is 0 Å². The summed E-state index contributed by atoms with van der Waals surface area (Å²) in [7, 11) is 4.25. The van der Waals surface area contributed by atoms with Gasteiger partial charge in [-0.05, 0) is 78.0 Å². The number of fused-ring (bicyclic) bond motifs is 1. The molecule has 3 fully saturated rings. The fourth-order valence-electron chi connectivity index (χ4n) is 4.95. The van der Waals surface area contributed by atoms with Gasteiger partial charge in [0.05, 0.1) is 6.07 Å². The molecule has 2 heterocycles. The Labute approximate surface area is 129 Å². The van der Waals surface area contributed by atoms with E-state index in [9.17, 15) is 5.26 Å². The maximum Gasteiger partial charge on any atom is 0.108 e. The van der Waals surface area contributed by atoms with Crippen LogP contribution >= 0.6 is 0 Å². The smallest absolute Gasteiger partial charge is 0.108 e. The molecule has 3 rings (SSSR count). The molecular formula is C17H30N4. The number of rotatable bonds is 2. The Hall–Kier alpha value is -0.630. The lowest BCUT2D eigenvalue weighted by atomic mass is 9.77. The second-order valence-corrected chi connectivity index (χ2v) is 7.43. The van der Waals surface area contributed by atoms with E-state index in [2.05, 4.69) is 28.2 Å². The van der Waals surface area contributed by atoms with Crippen molar-refractivity contribution in [2.24, 2.45) is 5.92 Å². The molecule has 0 radical (unpaired) electrons. The van der Waals surface area contributed by atoms with E-state index >= 15 is 0 Å². The lowest BCUT2D eigenvalue weighted by Gasteiger charge is -2.50. The summed E-state index contributed by atoms with van der Waals surface area (Å²) in [6, 6.07) is 3.97. The Kier molecular flexibility index (Phi) is 4.54. The molecule has 0 bridgehead atoms. The lowest BCUT2D eigenvalue weighted by Crippen LogP contribution is -2.58. The van der Waals surface area contributed by atoms with Crippen molar-refractivity contribution in [3.63, 3.8) is 0 Å². The normalized spacial score (nSPS) is 42.2. The predicted octanol–water partition coefficient (Wildman–Crippen LogP) is 1.83. The lowest BCUT2D eigenvalue weighted by molar-refractivity contribution is 0.00617. The first-order chi connectivity index (χ1) is 10.2. The SMILES string of the molecule is CNC1(C#N)CCCC(N2CCC3C(CCCN3C)C2)C1. The van der Waals surface area contributed by atoms with E-state index in [0.29, 0.717) is 6.04 Å². The van der Waals surface area contributed by atoms with Crippen molar-refractivity contribution in [3.8, 4) is 6.07 Å². The summed E-state index contributed by atoms with van der Waals surface area (Å²) in [6.07, 6.45) is 8.55. The minimum Gasteiger partial charge on any atom is -0.303 e. The van der Waals surface area contributed by atoms with Crippen LogP contribution in [0.5, 0.6) is 0 Å². The molecule has 0 spiro atoms. The molecule has 4 nitrogen and oxygen atoms in total. The van der Waals surface area contributed by atoms with Gasteiger partial charge in [-0.25, -0.2) is 0 Å². The van der Waals surface area contributed by atoms with Gasteiger partial charge in [-0.2, -0.15) is 5.26 Å². The average Bonchev–Trinajstić information content (AvgIpc) is 2.55. The van der Waals surface area contributed by atoms with Gasteiger partial charge in [0.15, 0.2) is 0 Å². The molecule has 2 saturated heterocycles. The number of nitrogens with one attached hydrogen (secondary N) is 1. The monoisotopic (exact) mass is 290 g/mol. The van der Waals surface area contributed by atoms with Crippen LogP contribution in [0.2, 0.25) is 0 Å². The molecule has 3 aliphatic rings. The second-order valence-electron chi connectivity index (χ2n) is 7.43. The van der Waals surface area contributed by atoms with Gasteiger partial charge < -0.3 is 10.2 Å². The van der Waals surface area contributed by atoms with Crippen molar-refractivity contribution in [3.05, 3.63) is 0 Å². The van der Waals surface area contributed by atoms with Crippen molar-refractivity contribution in [2.75, 3.05) is 33.7 Å². The molecule has 21 heavy (non-hydrogen) atoms. The van der Waals surface area contributed by atoms with Crippen molar-refractivity contribution in [2.45, 2.75) is 62.6 Å². The number of nitrogens with zero attached hydrogens (tertiary/aromatic N) is 3.